The minimum absolute atomic E-state index is 0.245. The number of carbonyl (C=O) groups excluding carboxylic acids is 2. The monoisotopic (exact) mass is 281 g/mol. The van der Waals surface area contributed by atoms with Gasteiger partial charge >= 0.3 is 0 Å². The zero-order valence-corrected chi connectivity index (χ0v) is 11.5. The Bertz CT molecular complexity index is 505. The van der Waals surface area contributed by atoms with Gasteiger partial charge in [-0.1, -0.05) is 24.9 Å². The molecule has 2 N–H and O–H groups in total. The van der Waals surface area contributed by atoms with E-state index in [-0.39, 0.29) is 22.5 Å². The Morgan fingerprint density at radius 2 is 2.37 bits per heavy atom. The van der Waals surface area contributed by atoms with Gasteiger partial charge in [0.2, 0.25) is 5.91 Å². The molecule has 5 nitrogen and oxygen atoms in total. The van der Waals surface area contributed by atoms with Crippen molar-refractivity contribution in [1.82, 2.24) is 10.3 Å². The van der Waals surface area contributed by atoms with Crippen molar-refractivity contribution in [3.05, 3.63) is 23.0 Å². The van der Waals surface area contributed by atoms with Crippen LogP contribution in [-0.2, 0) is 4.79 Å². The highest BCUT2D eigenvalue weighted by molar-refractivity contribution is 6.29. The van der Waals surface area contributed by atoms with Crippen LogP contribution in [0.2, 0.25) is 5.15 Å². The number of hydrogen-bond acceptors (Lipinski definition) is 4. The molecule has 1 aromatic rings. The van der Waals surface area contributed by atoms with E-state index in [0.717, 1.165) is 12.8 Å². The van der Waals surface area contributed by atoms with Crippen LogP contribution in [0, 0.1) is 5.92 Å². The van der Waals surface area contributed by atoms with Crippen LogP contribution in [0.4, 0.5) is 5.69 Å². The Morgan fingerprint density at radius 3 is 3.11 bits per heavy atom. The van der Waals surface area contributed by atoms with Gasteiger partial charge in [-0.3, -0.25) is 9.59 Å². The maximum Gasteiger partial charge on any atom is 0.232 e. The molecule has 0 aliphatic carbocycles. The van der Waals surface area contributed by atoms with Crippen LogP contribution >= 0.6 is 11.6 Å². The number of carbonyl (C=O) groups is 2. The van der Waals surface area contributed by atoms with Crippen LogP contribution in [0.5, 0.6) is 0 Å². The Morgan fingerprint density at radius 1 is 1.58 bits per heavy atom. The second-order valence-electron chi connectivity index (χ2n) is 4.47. The number of fused-ring (bicyclic) bond motifs is 1. The molecule has 0 spiro atoms. The molecule has 102 valence electrons. The van der Waals surface area contributed by atoms with Crippen LogP contribution in [-0.4, -0.2) is 29.8 Å². The first kappa shape index (κ1) is 13.8. The van der Waals surface area contributed by atoms with E-state index in [2.05, 4.69) is 15.6 Å². The van der Waals surface area contributed by atoms with Gasteiger partial charge in [-0.2, -0.15) is 0 Å². The van der Waals surface area contributed by atoms with Gasteiger partial charge in [-0.05, 0) is 18.6 Å². The zero-order chi connectivity index (χ0) is 13.8. The molecule has 0 saturated carbocycles. The molecule has 0 radical (unpaired) electrons. The summed E-state index contributed by atoms with van der Waals surface area (Å²) < 4.78 is 0. The van der Waals surface area contributed by atoms with E-state index < -0.39 is 5.92 Å². The summed E-state index contributed by atoms with van der Waals surface area (Å²) >= 11 is 5.78. The SMILES string of the molecule is CCCCNC(=O)C1CNc2ccc(Cl)nc2C1=O. The zero-order valence-electron chi connectivity index (χ0n) is 10.7. The molecular weight excluding hydrogens is 266 g/mol. The second-order valence-corrected chi connectivity index (χ2v) is 4.86. The number of aromatic nitrogens is 1. The van der Waals surface area contributed by atoms with E-state index in [9.17, 15) is 9.59 Å². The first-order valence-electron chi connectivity index (χ1n) is 6.35. The van der Waals surface area contributed by atoms with E-state index in [1.54, 1.807) is 12.1 Å². The third-order valence-electron chi connectivity index (χ3n) is 3.05. The number of rotatable bonds is 4. The number of ketones is 1. The summed E-state index contributed by atoms with van der Waals surface area (Å²) in [4.78, 5) is 28.2. The fraction of sp³-hybridized carbons (Fsp3) is 0.462. The molecule has 1 aliphatic rings. The quantitative estimate of drug-likeness (QED) is 0.502. The molecular formula is C13H16ClN3O2. The minimum Gasteiger partial charge on any atom is -0.382 e. The average Bonchev–Trinajstić information content (AvgIpc) is 2.40. The highest BCUT2D eigenvalue weighted by Crippen LogP contribution is 2.24. The lowest BCUT2D eigenvalue weighted by Gasteiger charge is -2.23. The van der Waals surface area contributed by atoms with Crippen molar-refractivity contribution in [2.24, 2.45) is 5.92 Å². The molecule has 19 heavy (non-hydrogen) atoms. The molecule has 6 heteroatoms. The fourth-order valence-corrected chi connectivity index (χ4v) is 2.11. The van der Waals surface area contributed by atoms with Crippen molar-refractivity contribution >= 4 is 29.0 Å². The molecule has 0 saturated heterocycles. The van der Waals surface area contributed by atoms with E-state index >= 15 is 0 Å². The number of nitrogens with one attached hydrogen (secondary N) is 2. The Balaban J connectivity index is 2.10. The summed E-state index contributed by atoms with van der Waals surface area (Å²) in [7, 11) is 0. The van der Waals surface area contributed by atoms with Crippen molar-refractivity contribution < 1.29 is 9.59 Å². The highest BCUT2D eigenvalue weighted by Gasteiger charge is 2.33. The topological polar surface area (TPSA) is 71.1 Å². The molecule has 1 amide bonds. The molecule has 0 aromatic carbocycles. The number of nitrogens with zero attached hydrogens (tertiary/aromatic N) is 1. The highest BCUT2D eigenvalue weighted by atomic mass is 35.5. The van der Waals surface area contributed by atoms with Crippen molar-refractivity contribution in [2.75, 3.05) is 18.4 Å². The van der Waals surface area contributed by atoms with Crippen LogP contribution in [0.3, 0.4) is 0 Å². The molecule has 0 bridgehead atoms. The van der Waals surface area contributed by atoms with Crippen LogP contribution in [0.25, 0.3) is 0 Å². The average molecular weight is 282 g/mol. The van der Waals surface area contributed by atoms with Crippen molar-refractivity contribution in [3.63, 3.8) is 0 Å². The Hall–Kier alpha value is -1.62. The van der Waals surface area contributed by atoms with Gasteiger partial charge in [-0.25, -0.2) is 4.98 Å². The smallest absolute Gasteiger partial charge is 0.232 e. The maximum absolute atomic E-state index is 12.2. The number of Topliss-reactive ketones (excluding diaryl/α,β-unsaturated/α-hetero) is 1. The predicted molar refractivity (Wildman–Crippen MR) is 73.5 cm³/mol. The fourth-order valence-electron chi connectivity index (χ4n) is 1.96. The lowest BCUT2D eigenvalue weighted by atomic mass is 9.95. The standard InChI is InChI=1S/C13H16ClN3O2/c1-2-3-6-15-13(19)8-7-16-9-4-5-10(14)17-11(9)12(8)18/h4-5,8,16H,2-3,6-7H2,1H3,(H,15,19). The normalized spacial score (nSPS) is 17.6. The molecule has 1 aromatic heterocycles. The molecule has 0 fully saturated rings. The summed E-state index contributed by atoms with van der Waals surface area (Å²) in [5, 5.41) is 6.06. The predicted octanol–water partition coefficient (Wildman–Crippen LogP) is 1.88. The van der Waals surface area contributed by atoms with Gasteiger partial charge in [0.15, 0.2) is 5.78 Å². The number of amides is 1. The third-order valence-corrected chi connectivity index (χ3v) is 3.26. The van der Waals surface area contributed by atoms with Crippen LogP contribution < -0.4 is 10.6 Å². The number of hydrogen-bond donors (Lipinski definition) is 2. The Kier molecular flexibility index (Phi) is 4.37. The van der Waals surface area contributed by atoms with E-state index in [0.29, 0.717) is 18.8 Å². The number of halogens is 1. The Labute approximate surface area is 116 Å². The second kappa shape index (κ2) is 6.02. The lowest BCUT2D eigenvalue weighted by molar-refractivity contribution is -0.123. The van der Waals surface area contributed by atoms with Crippen molar-refractivity contribution in [1.29, 1.82) is 0 Å². The van der Waals surface area contributed by atoms with Gasteiger partial charge in [0.25, 0.3) is 0 Å². The minimum atomic E-state index is -0.727. The van der Waals surface area contributed by atoms with E-state index in [4.69, 9.17) is 11.6 Å². The van der Waals surface area contributed by atoms with Crippen LogP contribution in [0.15, 0.2) is 12.1 Å². The summed E-state index contributed by atoms with van der Waals surface area (Å²) in [6, 6.07) is 3.32. The molecule has 1 aliphatic heterocycles. The van der Waals surface area contributed by atoms with Crippen molar-refractivity contribution in [3.8, 4) is 0 Å². The molecule has 2 heterocycles. The first-order chi connectivity index (χ1) is 9.13. The van der Waals surface area contributed by atoms with E-state index in [1.807, 2.05) is 6.92 Å². The van der Waals surface area contributed by atoms with Crippen molar-refractivity contribution in [2.45, 2.75) is 19.8 Å². The molecule has 1 atom stereocenters. The van der Waals surface area contributed by atoms with Gasteiger partial charge in [0.05, 0.1) is 5.69 Å². The van der Waals surface area contributed by atoms with Gasteiger partial charge < -0.3 is 10.6 Å². The van der Waals surface area contributed by atoms with Crippen LogP contribution in [0.1, 0.15) is 30.3 Å². The van der Waals surface area contributed by atoms with Gasteiger partial charge in [-0.15, -0.1) is 0 Å². The summed E-state index contributed by atoms with van der Waals surface area (Å²) in [6.45, 7) is 2.93. The summed E-state index contributed by atoms with van der Waals surface area (Å²) in [5.74, 6) is -1.25. The lowest BCUT2D eigenvalue weighted by Crippen LogP contribution is -2.42. The van der Waals surface area contributed by atoms with E-state index in [1.165, 1.54) is 0 Å². The number of unbranched alkanes of at least 4 members (excludes halogenated alkanes) is 1. The third kappa shape index (κ3) is 3.04. The number of anilines is 1. The molecule has 2 rings (SSSR count). The van der Waals surface area contributed by atoms with Gasteiger partial charge in [0.1, 0.15) is 16.8 Å². The largest absolute Gasteiger partial charge is 0.382 e. The number of pyridine rings is 1. The maximum atomic E-state index is 12.2. The first-order valence-corrected chi connectivity index (χ1v) is 6.73. The molecule has 1 unspecified atom stereocenters. The summed E-state index contributed by atoms with van der Waals surface area (Å²) in [5.41, 5.74) is 0.876. The summed E-state index contributed by atoms with van der Waals surface area (Å²) in [6.07, 6.45) is 1.90. The van der Waals surface area contributed by atoms with Gasteiger partial charge in [0, 0.05) is 13.1 Å².